The Bertz CT molecular complexity index is 1170. The van der Waals surface area contributed by atoms with Crippen molar-refractivity contribution < 1.29 is 18.7 Å². The monoisotopic (exact) mass is 694 g/mol. The molecule has 2 heterocycles. The van der Waals surface area contributed by atoms with Gasteiger partial charge in [0.05, 0.1) is 0 Å². The second-order valence-electron chi connectivity index (χ2n) is 12.3. The number of halogens is 3. The van der Waals surface area contributed by atoms with Crippen LogP contribution in [0.4, 0.5) is 9.18 Å². The number of nitrogens with zero attached hydrogens (tertiary/aromatic N) is 3. The number of hydrogen-bond acceptors (Lipinski definition) is 5. The Kier molecular flexibility index (Phi) is 10.9. The smallest absolute Gasteiger partial charge is 0.407 e. The van der Waals surface area contributed by atoms with E-state index in [0.29, 0.717) is 18.2 Å². The number of alkyl carbamates (subject to hydrolysis) is 1. The number of piperidine rings is 1. The first kappa shape index (κ1) is 31.9. The normalized spacial score (nSPS) is 18.0. The van der Waals surface area contributed by atoms with Crippen LogP contribution < -0.4 is 5.32 Å². The third-order valence-electron chi connectivity index (χ3n) is 7.79. The summed E-state index contributed by atoms with van der Waals surface area (Å²) in [6.07, 6.45) is 2.40. The van der Waals surface area contributed by atoms with E-state index in [0.717, 1.165) is 66.5 Å². The summed E-state index contributed by atoms with van der Waals surface area (Å²) in [6.45, 7) is 11.1. The lowest BCUT2D eigenvalue weighted by molar-refractivity contribution is 0.0136. The lowest BCUT2D eigenvalue weighted by Crippen LogP contribution is -2.61. The number of carbonyl (C=O) groups excluding carboxylic acids is 2. The largest absolute Gasteiger partial charge is 0.444 e. The maximum atomic E-state index is 13.7. The van der Waals surface area contributed by atoms with Gasteiger partial charge < -0.3 is 19.9 Å². The first-order valence-corrected chi connectivity index (χ1v) is 15.9. The van der Waals surface area contributed by atoms with Crippen LogP contribution in [0.1, 0.15) is 61.9 Å². The molecule has 41 heavy (non-hydrogen) atoms. The zero-order valence-corrected chi connectivity index (χ0v) is 27.5. The van der Waals surface area contributed by atoms with Crippen LogP contribution >= 0.6 is 31.9 Å². The van der Waals surface area contributed by atoms with Crippen LogP contribution in [-0.4, -0.2) is 90.7 Å². The van der Waals surface area contributed by atoms with E-state index in [2.05, 4.69) is 47.0 Å². The van der Waals surface area contributed by atoms with Crippen LogP contribution in [0, 0.1) is 5.82 Å². The molecule has 0 saturated carbocycles. The minimum Gasteiger partial charge on any atom is -0.444 e. The molecule has 10 heteroatoms. The highest BCUT2D eigenvalue weighted by Crippen LogP contribution is 2.27. The molecule has 1 N–H and O–H groups in total. The predicted octanol–water partition coefficient (Wildman–Crippen LogP) is 6.27. The Hall–Kier alpha value is -2.01. The molecule has 0 bridgehead atoms. The van der Waals surface area contributed by atoms with Crippen molar-refractivity contribution in [2.24, 2.45) is 0 Å². The zero-order valence-electron chi connectivity index (χ0n) is 24.3. The molecule has 1 unspecified atom stereocenters. The highest BCUT2D eigenvalue weighted by atomic mass is 79.9. The standard InChI is InChI=1S/C31H41Br2FN4O3/c1-31(2,3)41-30(40)35-27-10-13-38(14-11-27)28-19-37(20-28)12-9-22(21-5-7-26(34)8-6-21)18-36(4)29(39)23-15-24(32)17-25(33)16-23/h5-8,15-17,22,27-28H,9-14,18-20H2,1-4H3,(H,35,40). The van der Waals surface area contributed by atoms with Gasteiger partial charge in [-0.25, -0.2) is 9.18 Å². The van der Waals surface area contributed by atoms with Gasteiger partial charge in [0, 0.05) is 72.3 Å². The molecule has 2 fully saturated rings. The third kappa shape index (κ3) is 9.49. The molecule has 2 aliphatic rings. The molecule has 0 radical (unpaired) electrons. The number of likely N-dealkylation sites (tertiary alicyclic amines) is 2. The molecule has 1 atom stereocenters. The highest BCUT2D eigenvalue weighted by Gasteiger charge is 2.34. The van der Waals surface area contributed by atoms with E-state index in [4.69, 9.17) is 4.74 Å². The van der Waals surface area contributed by atoms with Crippen molar-refractivity contribution in [1.82, 2.24) is 20.0 Å². The number of hydrogen-bond donors (Lipinski definition) is 1. The molecule has 2 aliphatic heterocycles. The Morgan fingerprint density at radius 2 is 1.68 bits per heavy atom. The van der Waals surface area contributed by atoms with E-state index in [1.165, 1.54) is 12.1 Å². The molecule has 2 aromatic carbocycles. The van der Waals surface area contributed by atoms with Crippen LogP contribution in [0.5, 0.6) is 0 Å². The number of ether oxygens (including phenoxy) is 1. The van der Waals surface area contributed by atoms with Gasteiger partial charge in [0.15, 0.2) is 0 Å². The molecular weight excluding hydrogens is 655 g/mol. The van der Waals surface area contributed by atoms with Crippen LogP contribution in [-0.2, 0) is 4.74 Å². The van der Waals surface area contributed by atoms with Gasteiger partial charge in [-0.15, -0.1) is 0 Å². The van der Waals surface area contributed by atoms with Gasteiger partial charge in [-0.05, 0) is 82.5 Å². The summed E-state index contributed by atoms with van der Waals surface area (Å²) in [5, 5.41) is 3.02. The van der Waals surface area contributed by atoms with Crippen molar-refractivity contribution in [3.63, 3.8) is 0 Å². The average molecular weight is 697 g/mol. The third-order valence-corrected chi connectivity index (χ3v) is 8.71. The Balaban J connectivity index is 1.26. The molecule has 4 rings (SSSR count). The van der Waals surface area contributed by atoms with Gasteiger partial charge in [0.1, 0.15) is 11.4 Å². The van der Waals surface area contributed by atoms with Gasteiger partial charge >= 0.3 is 6.09 Å². The van der Waals surface area contributed by atoms with Gasteiger partial charge in [0.2, 0.25) is 0 Å². The van der Waals surface area contributed by atoms with Crippen LogP contribution in [0.25, 0.3) is 0 Å². The topological polar surface area (TPSA) is 65.1 Å². The maximum Gasteiger partial charge on any atom is 0.407 e. The van der Waals surface area contributed by atoms with E-state index in [9.17, 15) is 14.0 Å². The molecule has 7 nitrogen and oxygen atoms in total. The fourth-order valence-corrected chi connectivity index (χ4v) is 6.88. The fourth-order valence-electron chi connectivity index (χ4n) is 5.59. The molecule has 2 saturated heterocycles. The van der Waals surface area contributed by atoms with Crippen molar-refractivity contribution in [2.75, 3.05) is 46.3 Å². The molecule has 2 aromatic rings. The minimum atomic E-state index is -0.489. The number of carbonyl (C=O) groups is 2. The fraction of sp³-hybridized carbons (Fsp3) is 0.548. The highest BCUT2D eigenvalue weighted by molar-refractivity contribution is 9.11. The number of benzene rings is 2. The van der Waals surface area contributed by atoms with Crippen molar-refractivity contribution in [1.29, 1.82) is 0 Å². The summed E-state index contributed by atoms with van der Waals surface area (Å²) in [6, 6.07) is 12.9. The van der Waals surface area contributed by atoms with Gasteiger partial charge in [0.25, 0.3) is 5.91 Å². The molecule has 0 aliphatic carbocycles. The Morgan fingerprint density at radius 3 is 2.27 bits per heavy atom. The van der Waals surface area contributed by atoms with E-state index in [1.54, 1.807) is 4.90 Å². The van der Waals surface area contributed by atoms with E-state index >= 15 is 0 Å². The lowest BCUT2D eigenvalue weighted by Gasteiger charge is -2.48. The van der Waals surface area contributed by atoms with E-state index < -0.39 is 5.60 Å². The van der Waals surface area contributed by atoms with Crippen molar-refractivity contribution in [3.8, 4) is 0 Å². The first-order valence-electron chi connectivity index (χ1n) is 14.3. The predicted molar refractivity (Wildman–Crippen MR) is 167 cm³/mol. The summed E-state index contributed by atoms with van der Waals surface area (Å²) >= 11 is 6.94. The summed E-state index contributed by atoms with van der Waals surface area (Å²) in [5.41, 5.74) is 1.16. The number of likely N-dealkylation sites (N-methyl/N-ethyl adjacent to an activating group) is 1. The summed E-state index contributed by atoms with van der Waals surface area (Å²) < 4.78 is 20.8. The Labute approximate surface area is 260 Å². The van der Waals surface area contributed by atoms with Crippen LogP contribution in [0.2, 0.25) is 0 Å². The van der Waals surface area contributed by atoms with Crippen molar-refractivity contribution >= 4 is 43.9 Å². The van der Waals surface area contributed by atoms with Crippen molar-refractivity contribution in [2.45, 2.75) is 63.6 Å². The Morgan fingerprint density at radius 1 is 1.07 bits per heavy atom. The van der Waals surface area contributed by atoms with Gasteiger partial charge in [-0.2, -0.15) is 0 Å². The second kappa shape index (κ2) is 14.0. The number of nitrogens with one attached hydrogen (secondary N) is 1. The van der Waals surface area contributed by atoms with Gasteiger partial charge in [-0.3, -0.25) is 9.69 Å². The van der Waals surface area contributed by atoms with Crippen LogP contribution in [0.3, 0.4) is 0 Å². The first-order chi connectivity index (χ1) is 19.4. The molecular formula is C31H41Br2FN4O3. The van der Waals surface area contributed by atoms with Gasteiger partial charge in [-0.1, -0.05) is 44.0 Å². The molecule has 224 valence electrons. The quantitative estimate of drug-likeness (QED) is 0.335. The van der Waals surface area contributed by atoms with Crippen molar-refractivity contribution in [3.05, 3.63) is 68.4 Å². The maximum absolute atomic E-state index is 13.7. The number of amides is 2. The molecule has 2 amide bonds. The molecule has 0 spiro atoms. The average Bonchev–Trinajstić information content (AvgIpc) is 2.86. The summed E-state index contributed by atoms with van der Waals surface area (Å²) in [7, 11) is 1.83. The van der Waals surface area contributed by atoms with Crippen LogP contribution in [0.15, 0.2) is 51.4 Å². The minimum absolute atomic E-state index is 0.0484. The lowest BCUT2D eigenvalue weighted by atomic mass is 9.93. The van der Waals surface area contributed by atoms with E-state index in [-0.39, 0.29) is 29.8 Å². The van der Waals surface area contributed by atoms with E-state index in [1.807, 2.05) is 58.2 Å². The zero-order chi connectivity index (χ0) is 29.7. The molecule has 0 aromatic heterocycles. The summed E-state index contributed by atoms with van der Waals surface area (Å²) in [4.78, 5) is 32.1. The SMILES string of the molecule is CN(CC(CCN1CC(N2CCC(NC(=O)OC(C)(C)C)CC2)C1)c1ccc(F)cc1)C(=O)c1cc(Br)cc(Br)c1. The second-order valence-corrected chi connectivity index (χ2v) is 14.1. The summed E-state index contributed by atoms with van der Waals surface area (Å²) in [5.74, 6) is -0.215. The number of rotatable bonds is 9.